The Bertz CT molecular complexity index is 807. The van der Waals surface area contributed by atoms with Gasteiger partial charge in [0, 0.05) is 30.4 Å². The Hall–Kier alpha value is -2.34. The summed E-state index contributed by atoms with van der Waals surface area (Å²) < 4.78 is 5.86. The summed E-state index contributed by atoms with van der Waals surface area (Å²) in [5, 5.41) is 4.11. The van der Waals surface area contributed by atoms with E-state index in [2.05, 4.69) is 25.2 Å². The normalized spacial score (nSPS) is 18.3. The highest BCUT2D eigenvalue weighted by Crippen LogP contribution is 2.27. The molecule has 3 heterocycles. The maximum absolute atomic E-state index is 6.01. The first-order valence-electron chi connectivity index (χ1n) is 7.61. The van der Waals surface area contributed by atoms with Crippen LogP contribution >= 0.6 is 11.6 Å². The van der Waals surface area contributed by atoms with Gasteiger partial charge in [-0.1, -0.05) is 11.6 Å². The van der Waals surface area contributed by atoms with Crippen molar-refractivity contribution in [3.63, 3.8) is 0 Å². The van der Waals surface area contributed by atoms with Crippen molar-refractivity contribution in [3.8, 4) is 0 Å². The highest BCUT2D eigenvalue weighted by atomic mass is 35.5. The van der Waals surface area contributed by atoms with E-state index in [1.807, 2.05) is 24.3 Å². The Kier molecular flexibility index (Phi) is 3.75. The van der Waals surface area contributed by atoms with Crippen molar-refractivity contribution in [1.29, 1.82) is 0 Å². The number of nitrogens with zero attached hydrogens (tertiary/aromatic N) is 4. The minimum atomic E-state index is 0.303. The molecule has 0 amide bonds. The molecule has 118 valence electrons. The molecular formula is C16H16ClN5O. The van der Waals surface area contributed by atoms with Gasteiger partial charge in [0.2, 0.25) is 0 Å². The largest absolute Gasteiger partial charge is 0.423 e. The fourth-order valence-corrected chi connectivity index (χ4v) is 3.04. The highest BCUT2D eigenvalue weighted by Gasteiger charge is 2.23. The van der Waals surface area contributed by atoms with Crippen molar-refractivity contribution in [1.82, 2.24) is 15.0 Å². The summed E-state index contributed by atoms with van der Waals surface area (Å²) in [6, 6.07) is 8.32. The number of aromatic nitrogens is 3. The van der Waals surface area contributed by atoms with Gasteiger partial charge in [-0.2, -0.15) is 4.98 Å². The third-order valence-electron chi connectivity index (χ3n) is 3.96. The molecule has 1 aliphatic rings. The number of hydrogen-bond acceptors (Lipinski definition) is 6. The van der Waals surface area contributed by atoms with E-state index in [1.54, 1.807) is 12.5 Å². The summed E-state index contributed by atoms with van der Waals surface area (Å²) in [6.07, 6.45) is 5.45. The van der Waals surface area contributed by atoms with Crippen LogP contribution in [-0.2, 0) is 0 Å². The SMILES string of the molecule is Clc1ccc2oc(N3CCCC(Nc4ccncn4)C3)nc2c1. The Morgan fingerprint density at radius 2 is 2.26 bits per heavy atom. The first kappa shape index (κ1) is 14.3. The van der Waals surface area contributed by atoms with Gasteiger partial charge in [0.05, 0.1) is 0 Å². The average molecular weight is 330 g/mol. The molecule has 0 radical (unpaired) electrons. The molecule has 3 aromatic rings. The second-order valence-corrected chi connectivity index (χ2v) is 6.07. The van der Waals surface area contributed by atoms with Gasteiger partial charge >= 0.3 is 0 Å². The van der Waals surface area contributed by atoms with Gasteiger partial charge in [-0.05, 0) is 37.1 Å². The van der Waals surface area contributed by atoms with Gasteiger partial charge < -0.3 is 14.6 Å². The molecule has 1 fully saturated rings. The lowest BCUT2D eigenvalue weighted by atomic mass is 10.1. The van der Waals surface area contributed by atoms with E-state index < -0.39 is 0 Å². The highest BCUT2D eigenvalue weighted by molar-refractivity contribution is 6.31. The number of halogens is 1. The number of oxazole rings is 1. The standard InChI is InChI=1S/C16H16ClN5O/c17-11-3-4-14-13(8-11)21-16(23-14)22-7-1-2-12(9-22)20-15-5-6-18-10-19-15/h3-6,8,10,12H,1-2,7,9H2,(H,18,19,20). The fraction of sp³-hybridized carbons (Fsp3) is 0.312. The summed E-state index contributed by atoms with van der Waals surface area (Å²) in [5.41, 5.74) is 1.55. The minimum absolute atomic E-state index is 0.303. The van der Waals surface area contributed by atoms with E-state index in [4.69, 9.17) is 16.0 Å². The first-order chi connectivity index (χ1) is 11.3. The van der Waals surface area contributed by atoms with Crippen molar-refractivity contribution in [2.75, 3.05) is 23.3 Å². The third kappa shape index (κ3) is 3.07. The number of nitrogens with one attached hydrogen (secondary N) is 1. The van der Waals surface area contributed by atoms with Gasteiger partial charge in [-0.3, -0.25) is 0 Å². The molecule has 1 aliphatic heterocycles. The molecule has 1 atom stereocenters. The van der Waals surface area contributed by atoms with Gasteiger partial charge in [-0.25, -0.2) is 9.97 Å². The van der Waals surface area contributed by atoms with Crippen LogP contribution in [0.4, 0.5) is 11.8 Å². The molecule has 7 heteroatoms. The van der Waals surface area contributed by atoms with Crippen LogP contribution in [0, 0.1) is 0 Å². The number of benzene rings is 1. The van der Waals surface area contributed by atoms with E-state index in [-0.39, 0.29) is 0 Å². The summed E-state index contributed by atoms with van der Waals surface area (Å²) in [6.45, 7) is 1.76. The predicted molar refractivity (Wildman–Crippen MR) is 89.9 cm³/mol. The van der Waals surface area contributed by atoms with Crippen molar-refractivity contribution >= 4 is 34.5 Å². The fourth-order valence-electron chi connectivity index (χ4n) is 2.88. The molecule has 6 nitrogen and oxygen atoms in total. The van der Waals surface area contributed by atoms with Crippen LogP contribution in [-0.4, -0.2) is 34.1 Å². The van der Waals surface area contributed by atoms with Crippen LogP contribution in [0.25, 0.3) is 11.1 Å². The lowest BCUT2D eigenvalue weighted by Gasteiger charge is -2.32. The third-order valence-corrected chi connectivity index (χ3v) is 4.20. The maximum Gasteiger partial charge on any atom is 0.298 e. The maximum atomic E-state index is 6.01. The number of rotatable bonds is 3. The van der Waals surface area contributed by atoms with Crippen LogP contribution in [0.5, 0.6) is 0 Å². The number of anilines is 2. The second kappa shape index (κ2) is 6.04. The van der Waals surface area contributed by atoms with Crippen molar-refractivity contribution in [2.45, 2.75) is 18.9 Å². The van der Waals surface area contributed by atoms with Crippen LogP contribution in [0.2, 0.25) is 5.02 Å². The average Bonchev–Trinajstić information content (AvgIpc) is 2.99. The quantitative estimate of drug-likeness (QED) is 0.794. The van der Waals surface area contributed by atoms with E-state index in [9.17, 15) is 0 Å². The molecule has 0 bridgehead atoms. The van der Waals surface area contributed by atoms with E-state index in [0.29, 0.717) is 17.1 Å². The summed E-state index contributed by atoms with van der Waals surface area (Å²) in [5.74, 6) is 0.844. The molecular weight excluding hydrogens is 314 g/mol. The molecule has 0 aliphatic carbocycles. The zero-order chi connectivity index (χ0) is 15.6. The lowest BCUT2D eigenvalue weighted by molar-refractivity contribution is 0.482. The Balaban J connectivity index is 1.51. The molecule has 2 aromatic heterocycles. The lowest BCUT2D eigenvalue weighted by Crippen LogP contribution is -2.42. The van der Waals surface area contributed by atoms with Gasteiger partial charge in [-0.15, -0.1) is 0 Å². The van der Waals surface area contributed by atoms with Crippen LogP contribution in [0.1, 0.15) is 12.8 Å². The van der Waals surface area contributed by atoms with Crippen LogP contribution in [0.3, 0.4) is 0 Å². The summed E-state index contributed by atoms with van der Waals surface area (Å²) in [4.78, 5) is 14.9. The molecule has 1 saturated heterocycles. The summed E-state index contributed by atoms with van der Waals surface area (Å²) >= 11 is 6.01. The van der Waals surface area contributed by atoms with Crippen molar-refractivity contribution in [2.24, 2.45) is 0 Å². The topological polar surface area (TPSA) is 67.1 Å². The zero-order valence-electron chi connectivity index (χ0n) is 12.4. The predicted octanol–water partition coefficient (Wildman–Crippen LogP) is 3.35. The molecule has 4 rings (SSSR count). The number of piperidine rings is 1. The van der Waals surface area contributed by atoms with E-state index in [0.717, 1.165) is 42.8 Å². The van der Waals surface area contributed by atoms with Crippen LogP contribution < -0.4 is 10.2 Å². The Morgan fingerprint density at radius 1 is 1.30 bits per heavy atom. The van der Waals surface area contributed by atoms with Gasteiger partial charge in [0.15, 0.2) is 5.58 Å². The molecule has 1 N–H and O–H groups in total. The Labute approximate surface area is 138 Å². The summed E-state index contributed by atoms with van der Waals surface area (Å²) in [7, 11) is 0. The molecule has 23 heavy (non-hydrogen) atoms. The number of fused-ring (bicyclic) bond motifs is 1. The molecule has 0 saturated carbocycles. The van der Waals surface area contributed by atoms with Gasteiger partial charge in [0.25, 0.3) is 6.01 Å². The monoisotopic (exact) mass is 329 g/mol. The second-order valence-electron chi connectivity index (χ2n) is 5.63. The number of hydrogen-bond donors (Lipinski definition) is 1. The van der Waals surface area contributed by atoms with Crippen LogP contribution in [0.15, 0.2) is 41.2 Å². The molecule has 0 spiro atoms. The molecule has 1 aromatic carbocycles. The molecule has 1 unspecified atom stereocenters. The van der Waals surface area contributed by atoms with E-state index in [1.165, 1.54) is 0 Å². The van der Waals surface area contributed by atoms with E-state index >= 15 is 0 Å². The van der Waals surface area contributed by atoms with Crippen molar-refractivity contribution < 1.29 is 4.42 Å². The smallest absolute Gasteiger partial charge is 0.298 e. The zero-order valence-corrected chi connectivity index (χ0v) is 13.2. The van der Waals surface area contributed by atoms with Crippen molar-refractivity contribution in [3.05, 3.63) is 41.8 Å². The van der Waals surface area contributed by atoms with Gasteiger partial charge in [0.1, 0.15) is 17.7 Å². The first-order valence-corrected chi connectivity index (χ1v) is 7.99. The minimum Gasteiger partial charge on any atom is -0.423 e. The Morgan fingerprint density at radius 3 is 3.13 bits per heavy atom.